The smallest absolute Gasteiger partial charge is 0.368 e. The molecule has 0 saturated heterocycles. The van der Waals surface area contributed by atoms with E-state index in [-0.39, 0.29) is 12.3 Å². The first kappa shape index (κ1) is 19.8. The van der Waals surface area contributed by atoms with Crippen LogP contribution in [-0.2, 0) is 13.7 Å². The molecule has 0 radical (unpaired) electrons. The summed E-state index contributed by atoms with van der Waals surface area (Å²) in [5.74, 6) is 1.32. The minimum atomic E-state index is -0.314. The zero-order chi connectivity index (χ0) is 21.3. The Bertz CT molecular complexity index is 1260. The molecule has 4 rings (SSSR count). The maximum atomic E-state index is 12.3. The lowest BCUT2D eigenvalue weighted by atomic mass is 10.1. The van der Waals surface area contributed by atoms with Crippen molar-refractivity contribution >= 4 is 11.6 Å². The molecule has 30 heavy (non-hydrogen) atoms. The molecule has 8 nitrogen and oxygen atoms in total. The van der Waals surface area contributed by atoms with Crippen molar-refractivity contribution in [3.63, 3.8) is 0 Å². The van der Waals surface area contributed by atoms with Gasteiger partial charge in [0.1, 0.15) is 12.4 Å². The number of aryl methyl sites for hydroxylation is 3. The quantitative estimate of drug-likeness (QED) is 0.490. The summed E-state index contributed by atoms with van der Waals surface area (Å²) < 4.78 is 8.56. The third-order valence-electron chi connectivity index (χ3n) is 4.76. The summed E-state index contributed by atoms with van der Waals surface area (Å²) >= 11 is 5.86. The van der Waals surface area contributed by atoms with E-state index in [1.54, 1.807) is 19.4 Å². The van der Waals surface area contributed by atoms with Gasteiger partial charge in [0.2, 0.25) is 0 Å². The monoisotopic (exact) mass is 422 g/mol. The molecule has 0 N–H and O–H groups in total. The molecule has 2 aromatic carbocycles. The maximum absolute atomic E-state index is 12.3. The second-order valence-corrected chi connectivity index (χ2v) is 7.30. The van der Waals surface area contributed by atoms with Gasteiger partial charge >= 0.3 is 5.69 Å². The summed E-state index contributed by atoms with van der Waals surface area (Å²) in [6.07, 6.45) is 3.13. The standard InChI is InChI=1S/C21H19ClN6O2/c1-13-5-4-6-18(28-21(29)27(3)25-26-28)17(13)12-30-19-8-7-15(9-14(19)2)20-23-10-16(22)11-24-20/h4-11H,12H2,1-3H3. The largest absolute Gasteiger partial charge is 0.489 e. The van der Waals surface area contributed by atoms with Crippen LogP contribution >= 0.6 is 11.6 Å². The molecule has 9 heteroatoms. The topological polar surface area (TPSA) is 87.7 Å². The molecule has 0 atom stereocenters. The fourth-order valence-electron chi connectivity index (χ4n) is 3.10. The van der Waals surface area contributed by atoms with Crippen molar-refractivity contribution in [1.29, 1.82) is 0 Å². The van der Waals surface area contributed by atoms with Gasteiger partial charge in [0.25, 0.3) is 0 Å². The predicted molar refractivity (Wildman–Crippen MR) is 113 cm³/mol. The van der Waals surface area contributed by atoms with E-state index in [1.807, 2.05) is 50.2 Å². The normalized spacial score (nSPS) is 10.9. The highest BCUT2D eigenvalue weighted by molar-refractivity contribution is 6.30. The molecule has 152 valence electrons. The summed E-state index contributed by atoms with van der Waals surface area (Å²) in [6.45, 7) is 4.21. The molecule has 0 aliphatic carbocycles. The summed E-state index contributed by atoms with van der Waals surface area (Å²) in [4.78, 5) is 20.8. The van der Waals surface area contributed by atoms with Crippen LogP contribution in [0.5, 0.6) is 5.75 Å². The lowest BCUT2D eigenvalue weighted by Crippen LogP contribution is -2.23. The molecule has 0 aliphatic rings. The van der Waals surface area contributed by atoms with Crippen LogP contribution in [0.4, 0.5) is 0 Å². The number of halogens is 1. The highest BCUT2D eigenvalue weighted by Crippen LogP contribution is 2.26. The second kappa shape index (κ2) is 8.08. The van der Waals surface area contributed by atoms with Crippen LogP contribution in [0.15, 0.2) is 53.6 Å². The average Bonchev–Trinajstić information content (AvgIpc) is 3.07. The zero-order valence-electron chi connectivity index (χ0n) is 16.7. The molecular weight excluding hydrogens is 404 g/mol. The Labute approximate surface area is 177 Å². The lowest BCUT2D eigenvalue weighted by Gasteiger charge is -2.14. The molecule has 0 bridgehead atoms. The van der Waals surface area contributed by atoms with E-state index in [0.29, 0.717) is 16.5 Å². The Morgan fingerprint density at radius 2 is 1.80 bits per heavy atom. The van der Waals surface area contributed by atoms with E-state index in [4.69, 9.17) is 16.3 Å². The van der Waals surface area contributed by atoms with Gasteiger partial charge in [0.15, 0.2) is 5.82 Å². The first-order valence-electron chi connectivity index (χ1n) is 9.23. The highest BCUT2D eigenvalue weighted by atomic mass is 35.5. The fourth-order valence-corrected chi connectivity index (χ4v) is 3.20. The number of aromatic nitrogens is 6. The average molecular weight is 423 g/mol. The molecule has 4 aromatic rings. The van der Waals surface area contributed by atoms with E-state index in [1.165, 1.54) is 9.36 Å². The molecule has 0 aliphatic heterocycles. The van der Waals surface area contributed by atoms with Crippen molar-refractivity contribution in [2.75, 3.05) is 0 Å². The van der Waals surface area contributed by atoms with Crippen molar-refractivity contribution < 1.29 is 4.74 Å². The predicted octanol–water partition coefficient (Wildman–Crippen LogP) is 3.27. The number of hydrogen-bond acceptors (Lipinski definition) is 6. The number of nitrogens with zero attached hydrogens (tertiary/aromatic N) is 6. The van der Waals surface area contributed by atoms with Crippen LogP contribution in [-0.4, -0.2) is 29.8 Å². The first-order chi connectivity index (χ1) is 14.4. The highest BCUT2D eigenvalue weighted by Gasteiger charge is 2.14. The third-order valence-corrected chi connectivity index (χ3v) is 4.96. The fraction of sp³-hybridized carbons (Fsp3) is 0.190. The van der Waals surface area contributed by atoms with Gasteiger partial charge in [-0.05, 0) is 59.7 Å². The summed E-state index contributed by atoms with van der Waals surface area (Å²) in [7, 11) is 1.56. The van der Waals surface area contributed by atoms with Gasteiger partial charge in [-0.15, -0.1) is 0 Å². The molecule has 2 heterocycles. The Hall–Kier alpha value is -3.52. The second-order valence-electron chi connectivity index (χ2n) is 6.86. The van der Waals surface area contributed by atoms with E-state index < -0.39 is 0 Å². The number of tetrazole rings is 1. The van der Waals surface area contributed by atoms with Gasteiger partial charge in [-0.25, -0.2) is 14.8 Å². The number of benzene rings is 2. The zero-order valence-corrected chi connectivity index (χ0v) is 17.5. The van der Waals surface area contributed by atoms with Gasteiger partial charge in [0, 0.05) is 30.6 Å². The van der Waals surface area contributed by atoms with Gasteiger partial charge in [-0.2, -0.15) is 9.36 Å². The lowest BCUT2D eigenvalue weighted by molar-refractivity contribution is 0.302. The Morgan fingerprint density at radius 3 is 2.47 bits per heavy atom. The van der Waals surface area contributed by atoms with Crippen molar-refractivity contribution in [2.24, 2.45) is 7.05 Å². The van der Waals surface area contributed by atoms with Gasteiger partial charge < -0.3 is 4.74 Å². The SMILES string of the molecule is Cc1cc(-c2ncc(Cl)cn2)ccc1OCc1c(C)cccc1-n1nnn(C)c1=O. The Morgan fingerprint density at radius 1 is 1.03 bits per heavy atom. The minimum absolute atomic E-state index is 0.280. The summed E-state index contributed by atoms with van der Waals surface area (Å²) in [5.41, 5.74) is 4.01. The van der Waals surface area contributed by atoms with E-state index in [9.17, 15) is 4.79 Å². The van der Waals surface area contributed by atoms with Crippen LogP contribution in [0.1, 0.15) is 16.7 Å². The third kappa shape index (κ3) is 3.81. The van der Waals surface area contributed by atoms with Crippen molar-refractivity contribution in [1.82, 2.24) is 29.8 Å². The van der Waals surface area contributed by atoms with Crippen LogP contribution < -0.4 is 10.4 Å². The molecule has 0 fully saturated rings. The van der Waals surface area contributed by atoms with Crippen molar-refractivity contribution in [3.8, 4) is 22.8 Å². The van der Waals surface area contributed by atoms with Gasteiger partial charge in [-0.3, -0.25) is 0 Å². The first-order valence-corrected chi connectivity index (χ1v) is 9.61. The number of rotatable bonds is 5. The number of ether oxygens (including phenoxy) is 1. The van der Waals surface area contributed by atoms with Crippen molar-refractivity contribution in [3.05, 3.63) is 81.0 Å². The van der Waals surface area contributed by atoms with E-state index >= 15 is 0 Å². The van der Waals surface area contributed by atoms with E-state index in [2.05, 4.69) is 20.4 Å². The van der Waals surface area contributed by atoms with Crippen LogP contribution in [0.3, 0.4) is 0 Å². The molecule has 2 aromatic heterocycles. The maximum Gasteiger partial charge on any atom is 0.368 e. The van der Waals surface area contributed by atoms with Crippen molar-refractivity contribution in [2.45, 2.75) is 20.5 Å². The molecule has 0 spiro atoms. The molecule has 0 unspecified atom stereocenters. The van der Waals surface area contributed by atoms with Crippen LogP contribution in [0.25, 0.3) is 17.1 Å². The van der Waals surface area contributed by atoms with Gasteiger partial charge in [0.05, 0.1) is 10.7 Å². The van der Waals surface area contributed by atoms with Crippen LogP contribution in [0.2, 0.25) is 5.02 Å². The number of hydrogen-bond donors (Lipinski definition) is 0. The molecule has 0 saturated carbocycles. The Balaban J connectivity index is 1.60. The summed E-state index contributed by atoms with van der Waals surface area (Å²) in [6, 6.07) is 11.4. The molecular formula is C21H19ClN6O2. The summed E-state index contributed by atoms with van der Waals surface area (Å²) in [5, 5.41) is 8.24. The minimum Gasteiger partial charge on any atom is -0.489 e. The van der Waals surface area contributed by atoms with Gasteiger partial charge in [-0.1, -0.05) is 23.7 Å². The Kier molecular flexibility index (Phi) is 5.33. The van der Waals surface area contributed by atoms with Crippen LogP contribution in [0, 0.1) is 13.8 Å². The molecule has 0 amide bonds. The van der Waals surface area contributed by atoms with E-state index in [0.717, 1.165) is 28.0 Å².